The van der Waals surface area contributed by atoms with Crippen LogP contribution in [0.4, 0.5) is 5.69 Å². The molecule has 0 bridgehead atoms. The minimum Gasteiger partial charge on any atom is -0.478 e. The predicted molar refractivity (Wildman–Crippen MR) is 84.2 cm³/mol. The van der Waals surface area contributed by atoms with Gasteiger partial charge in [0, 0.05) is 26.2 Å². The first-order valence-electron chi connectivity index (χ1n) is 6.46. The van der Waals surface area contributed by atoms with Crippen LogP contribution in [0.25, 0.3) is 0 Å². The fourth-order valence-electron chi connectivity index (χ4n) is 1.95. The Morgan fingerprint density at radius 2 is 2.18 bits per heavy atom. The standard InChI is InChI=1S/C14H15N3O4S/c1-15-14-17(2)11(18)7-10(22-14)12(19)16-9-5-3-4-8(6-9)13(20)21/h3-6,10H,7H2,1-2H3,(H,16,19)(H,20,21). The van der Waals surface area contributed by atoms with Crippen molar-refractivity contribution >= 4 is 40.4 Å². The Balaban J connectivity index is 2.11. The molecule has 1 aromatic carbocycles. The van der Waals surface area contributed by atoms with Gasteiger partial charge in [-0.15, -0.1) is 0 Å². The largest absolute Gasteiger partial charge is 0.478 e. The van der Waals surface area contributed by atoms with E-state index in [0.29, 0.717) is 10.9 Å². The lowest BCUT2D eigenvalue weighted by Crippen LogP contribution is -2.43. The van der Waals surface area contributed by atoms with Gasteiger partial charge in [0.2, 0.25) is 11.8 Å². The summed E-state index contributed by atoms with van der Waals surface area (Å²) in [6.07, 6.45) is 0.0740. The van der Waals surface area contributed by atoms with E-state index in [4.69, 9.17) is 5.11 Å². The quantitative estimate of drug-likeness (QED) is 0.873. The maximum Gasteiger partial charge on any atom is 0.335 e. The van der Waals surface area contributed by atoms with Crippen molar-refractivity contribution in [3.63, 3.8) is 0 Å². The summed E-state index contributed by atoms with van der Waals surface area (Å²) < 4.78 is 0. The van der Waals surface area contributed by atoms with Gasteiger partial charge >= 0.3 is 5.97 Å². The molecule has 0 saturated carbocycles. The van der Waals surface area contributed by atoms with Gasteiger partial charge in [-0.2, -0.15) is 0 Å². The summed E-state index contributed by atoms with van der Waals surface area (Å²) in [7, 11) is 3.17. The second-order valence-corrected chi connectivity index (χ2v) is 5.81. The van der Waals surface area contributed by atoms with Crippen LogP contribution in [0.2, 0.25) is 0 Å². The van der Waals surface area contributed by atoms with Crippen molar-refractivity contribution in [1.82, 2.24) is 4.90 Å². The van der Waals surface area contributed by atoms with Gasteiger partial charge < -0.3 is 10.4 Å². The normalized spacial score (nSPS) is 20.1. The number of rotatable bonds is 3. The Labute approximate surface area is 131 Å². The van der Waals surface area contributed by atoms with Crippen LogP contribution in [0.1, 0.15) is 16.8 Å². The summed E-state index contributed by atoms with van der Waals surface area (Å²) in [5, 5.41) is 11.5. The summed E-state index contributed by atoms with van der Waals surface area (Å²) in [6, 6.07) is 5.95. The van der Waals surface area contributed by atoms with Crippen molar-refractivity contribution in [2.45, 2.75) is 11.7 Å². The minimum absolute atomic E-state index is 0.0740. The Bertz CT molecular complexity index is 659. The third-order valence-corrected chi connectivity index (χ3v) is 4.46. The van der Waals surface area contributed by atoms with Gasteiger partial charge in [-0.05, 0) is 18.2 Å². The van der Waals surface area contributed by atoms with Gasteiger partial charge in [-0.3, -0.25) is 19.5 Å². The zero-order valence-corrected chi connectivity index (χ0v) is 12.9. The summed E-state index contributed by atoms with van der Waals surface area (Å²) in [6.45, 7) is 0. The van der Waals surface area contributed by atoms with E-state index < -0.39 is 11.2 Å². The monoisotopic (exact) mass is 321 g/mol. The number of hydrogen-bond acceptors (Lipinski definition) is 5. The Morgan fingerprint density at radius 1 is 1.45 bits per heavy atom. The molecule has 1 saturated heterocycles. The number of nitrogens with one attached hydrogen (secondary N) is 1. The number of aromatic carboxylic acids is 1. The van der Waals surface area contributed by atoms with Crippen LogP contribution in [0.3, 0.4) is 0 Å². The van der Waals surface area contributed by atoms with Crippen LogP contribution in [-0.2, 0) is 9.59 Å². The lowest BCUT2D eigenvalue weighted by Gasteiger charge is -2.28. The van der Waals surface area contributed by atoms with Crippen LogP contribution in [0.15, 0.2) is 29.3 Å². The second kappa shape index (κ2) is 6.61. The number of amides is 2. The van der Waals surface area contributed by atoms with Crippen molar-refractivity contribution in [1.29, 1.82) is 0 Å². The number of thioether (sulfide) groups is 1. The number of amidine groups is 1. The molecule has 1 aliphatic rings. The van der Waals surface area contributed by atoms with Crippen LogP contribution < -0.4 is 5.32 Å². The molecule has 0 aliphatic carbocycles. The molecular formula is C14H15N3O4S. The van der Waals surface area contributed by atoms with E-state index in [1.54, 1.807) is 26.2 Å². The number of carboxylic acid groups (broad SMARTS) is 1. The average molecular weight is 321 g/mol. The summed E-state index contributed by atoms with van der Waals surface area (Å²) >= 11 is 1.21. The van der Waals surface area contributed by atoms with E-state index in [0.717, 1.165) is 0 Å². The highest BCUT2D eigenvalue weighted by molar-refractivity contribution is 8.15. The van der Waals surface area contributed by atoms with Crippen molar-refractivity contribution in [2.75, 3.05) is 19.4 Å². The molecule has 1 aromatic rings. The molecule has 0 spiro atoms. The number of nitrogens with zero attached hydrogens (tertiary/aromatic N) is 2. The maximum atomic E-state index is 12.3. The van der Waals surface area contributed by atoms with Crippen LogP contribution >= 0.6 is 11.8 Å². The number of carbonyl (C=O) groups is 3. The highest BCUT2D eigenvalue weighted by Gasteiger charge is 2.33. The molecule has 7 nitrogen and oxygen atoms in total. The maximum absolute atomic E-state index is 12.3. The molecule has 1 unspecified atom stereocenters. The zero-order valence-electron chi connectivity index (χ0n) is 12.1. The molecule has 1 atom stereocenters. The van der Waals surface area contributed by atoms with Crippen LogP contribution in [-0.4, -0.2) is 52.3 Å². The van der Waals surface area contributed by atoms with E-state index in [2.05, 4.69) is 10.3 Å². The van der Waals surface area contributed by atoms with Crippen molar-refractivity contribution in [2.24, 2.45) is 4.99 Å². The van der Waals surface area contributed by atoms with E-state index in [-0.39, 0.29) is 23.8 Å². The molecule has 1 fully saturated rings. The topological polar surface area (TPSA) is 99.1 Å². The number of anilines is 1. The number of carbonyl (C=O) groups excluding carboxylic acids is 2. The number of hydrogen-bond donors (Lipinski definition) is 2. The number of benzene rings is 1. The van der Waals surface area contributed by atoms with Crippen molar-refractivity contribution in [3.05, 3.63) is 29.8 Å². The highest BCUT2D eigenvalue weighted by Crippen LogP contribution is 2.26. The zero-order chi connectivity index (χ0) is 16.3. The summed E-state index contributed by atoms with van der Waals surface area (Å²) in [5.74, 6) is -1.60. The van der Waals surface area contributed by atoms with Gasteiger partial charge in [0.1, 0.15) is 5.25 Å². The molecule has 1 aliphatic heterocycles. The first kappa shape index (κ1) is 16.0. The van der Waals surface area contributed by atoms with Gasteiger partial charge in [-0.1, -0.05) is 17.8 Å². The molecule has 116 valence electrons. The molecule has 1 heterocycles. The second-order valence-electron chi connectivity index (χ2n) is 4.64. The third-order valence-electron chi connectivity index (χ3n) is 3.13. The highest BCUT2D eigenvalue weighted by atomic mass is 32.2. The first-order chi connectivity index (χ1) is 10.4. The van der Waals surface area contributed by atoms with Crippen molar-refractivity contribution in [3.8, 4) is 0 Å². The first-order valence-corrected chi connectivity index (χ1v) is 7.34. The molecule has 2 rings (SSSR count). The third kappa shape index (κ3) is 3.45. The van der Waals surface area contributed by atoms with Crippen molar-refractivity contribution < 1.29 is 19.5 Å². The fourth-order valence-corrected chi connectivity index (χ4v) is 2.96. The van der Waals surface area contributed by atoms with E-state index in [9.17, 15) is 14.4 Å². The summed E-state index contributed by atoms with van der Waals surface area (Å²) in [5.41, 5.74) is 0.465. The fraction of sp³-hybridized carbons (Fsp3) is 0.286. The molecule has 8 heteroatoms. The average Bonchev–Trinajstić information content (AvgIpc) is 2.50. The van der Waals surface area contributed by atoms with E-state index in [1.165, 1.54) is 28.8 Å². The number of carboxylic acids is 1. The lowest BCUT2D eigenvalue weighted by molar-refractivity contribution is -0.128. The van der Waals surface area contributed by atoms with Gasteiger partial charge in [0.15, 0.2) is 5.17 Å². The van der Waals surface area contributed by atoms with Gasteiger partial charge in [-0.25, -0.2) is 4.79 Å². The van der Waals surface area contributed by atoms with E-state index in [1.807, 2.05) is 0 Å². The molecule has 2 N–H and O–H groups in total. The number of aliphatic imine (C=N–C) groups is 1. The van der Waals surface area contributed by atoms with Crippen LogP contribution in [0, 0.1) is 0 Å². The van der Waals surface area contributed by atoms with Crippen LogP contribution in [0.5, 0.6) is 0 Å². The molecule has 2 amide bonds. The predicted octanol–water partition coefficient (Wildman–Crippen LogP) is 1.27. The Morgan fingerprint density at radius 3 is 2.82 bits per heavy atom. The SMILES string of the molecule is CN=C1SC(C(=O)Nc2cccc(C(=O)O)c2)CC(=O)N1C. The summed E-state index contributed by atoms with van der Waals surface area (Å²) in [4.78, 5) is 40.4. The Kier molecular flexibility index (Phi) is 4.81. The molecular weight excluding hydrogens is 306 g/mol. The van der Waals surface area contributed by atoms with Gasteiger partial charge in [0.05, 0.1) is 5.56 Å². The smallest absolute Gasteiger partial charge is 0.335 e. The molecule has 0 radical (unpaired) electrons. The minimum atomic E-state index is -1.07. The van der Waals surface area contributed by atoms with E-state index >= 15 is 0 Å². The lowest BCUT2D eigenvalue weighted by atomic mass is 10.2. The Hall–Kier alpha value is -2.35. The molecule has 22 heavy (non-hydrogen) atoms. The molecule has 0 aromatic heterocycles. The van der Waals surface area contributed by atoms with Gasteiger partial charge in [0.25, 0.3) is 0 Å².